The lowest BCUT2D eigenvalue weighted by Crippen LogP contribution is -2.33. The van der Waals surface area contributed by atoms with Crippen molar-refractivity contribution in [3.05, 3.63) is 54.1 Å². The molecule has 3 heterocycles. The van der Waals surface area contributed by atoms with E-state index in [-0.39, 0.29) is 11.9 Å². The highest BCUT2D eigenvalue weighted by Crippen LogP contribution is 2.20. The number of fused-ring (bicyclic) bond motifs is 1. The second kappa shape index (κ2) is 6.20. The number of hydrogen-bond acceptors (Lipinski definition) is 6. The smallest absolute Gasteiger partial charge is 0.245 e. The van der Waals surface area contributed by atoms with E-state index >= 15 is 0 Å². The number of carbonyl (C=O) groups excluding carboxylic acids is 1. The summed E-state index contributed by atoms with van der Waals surface area (Å²) in [6, 6.07) is 9.06. The number of likely N-dealkylation sites (tertiary alicyclic amines) is 1. The van der Waals surface area contributed by atoms with E-state index in [1.165, 1.54) is 0 Å². The zero-order chi connectivity index (χ0) is 17.2. The number of nitrogens with one attached hydrogen (secondary N) is 1. The molecule has 1 N–H and O–H groups in total. The van der Waals surface area contributed by atoms with Crippen LogP contribution >= 0.6 is 0 Å². The van der Waals surface area contributed by atoms with Gasteiger partial charge in [-0.1, -0.05) is 12.1 Å². The number of benzene rings is 1. The number of hydrogen-bond donors (Lipinski definition) is 1. The van der Waals surface area contributed by atoms with E-state index in [2.05, 4.69) is 26.6 Å². The van der Waals surface area contributed by atoms with Crippen LogP contribution in [0.2, 0.25) is 0 Å². The molecule has 1 aliphatic rings. The van der Waals surface area contributed by atoms with Crippen molar-refractivity contribution in [1.82, 2.24) is 24.5 Å². The predicted molar refractivity (Wildman–Crippen MR) is 89.4 cm³/mol. The highest BCUT2D eigenvalue weighted by Gasteiger charge is 2.32. The molecule has 4 rings (SSSR count). The fraction of sp³-hybridized carbons (Fsp3) is 0.235. The first-order valence-electron chi connectivity index (χ1n) is 7.93. The fourth-order valence-electron chi connectivity index (χ4n) is 2.96. The van der Waals surface area contributed by atoms with Gasteiger partial charge in [0.2, 0.25) is 11.6 Å². The minimum atomic E-state index is -0.325. The molecule has 8 heteroatoms. The van der Waals surface area contributed by atoms with Crippen molar-refractivity contribution in [2.75, 3.05) is 11.9 Å². The van der Waals surface area contributed by atoms with Crippen LogP contribution in [-0.4, -0.2) is 43.0 Å². The molecule has 124 valence electrons. The van der Waals surface area contributed by atoms with E-state index in [0.717, 1.165) is 5.56 Å². The van der Waals surface area contributed by atoms with Crippen molar-refractivity contribution in [3.8, 4) is 6.07 Å². The molecular weight excluding hydrogens is 318 g/mol. The van der Waals surface area contributed by atoms with Crippen LogP contribution in [0.15, 0.2) is 43.0 Å². The molecule has 25 heavy (non-hydrogen) atoms. The molecule has 1 fully saturated rings. The molecule has 0 saturated carbocycles. The van der Waals surface area contributed by atoms with Gasteiger partial charge in [0.05, 0.1) is 11.6 Å². The molecule has 1 unspecified atom stereocenters. The largest absolute Gasteiger partial charge is 0.355 e. The molecule has 2 aromatic heterocycles. The Morgan fingerprint density at radius 2 is 2.16 bits per heavy atom. The van der Waals surface area contributed by atoms with Crippen LogP contribution in [0.5, 0.6) is 0 Å². The fourth-order valence-corrected chi connectivity index (χ4v) is 2.96. The van der Waals surface area contributed by atoms with Gasteiger partial charge in [0.15, 0.2) is 5.82 Å². The SMILES string of the molecule is N#Cc1ccc(CN2CCC(Nc3nccn4cnnc34)C2=O)cc1. The number of nitriles is 1. The minimum absolute atomic E-state index is 0.0349. The molecule has 8 nitrogen and oxygen atoms in total. The maximum Gasteiger partial charge on any atom is 0.245 e. The number of rotatable bonds is 4. The zero-order valence-electron chi connectivity index (χ0n) is 13.3. The lowest BCUT2D eigenvalue weighted by molar-refractivity contribution is -0.128. The Labute approximate surface area is 143 Å². The van der Waals surface area contributed by atoms with Gasteiger partial charge in [0, 0.05) is 25.5 Å². The predicted octanol–water partition coefficient (Wildman–Crippen LogP) is 1.21. The first kappa shape index (κ1) is 15.1. The summed E-state index contributed by atoms with van der Waals surface area (Å²) in [4.78, 5) is 18.7. The first-order chi connectivity index (χ1) is 12.2. The Hall–Kier alpha value is -3.47. The highest BCUT2D eigenvalue weighted by atomic mass is 16.2. The van der Waals surface area contributed by atoms with Gasteiger partial charge < -0.3 is 10.2 Å². The Morgan fingerprint density at radius 3 is 2.96 bits per heavy atom. The van der Waals surface area contributed by atoms with Gasteiger partial charge in [-0.2, -0.15) is 5.26 Å². The highest BCUT2D eigenvalue weighted by molar-refractivity contribution is 5.87. The third-order valence-electron chi connectivity index (χ3n) is 4.28. The summed E-state index contributed by atoms with van der Waals surface area (Å²) in [5.41, 5.74) is 2.22. The summed E-state index contributed by atoms with van der Waals surface area (Å²) in [5, 5.41) is 19.9. The average Bonchev–Trinajstić information content (AvgIpc) is 3.25. The van der Waals surface area contributed by atoms with E-state index in [1.54, 1.807) is 35.3 Å². The average molecular weight is 333 g/mol. The van der Waals surface area contributed by atoms with Crippen molar-refractivity contribution in [2.24, 2.45) is 0 Å². The summed E-state index contributed by atoms with van der Waals surface area (Å²) in [5.74, 6) is 0.589. The Kier molecular flexibility index (Phi) is 3.74. The van der Waals surface area contributed by atoms with Crippen LogP contribution in [0.3, 0.4) is 0 Å². The maximum absolute atomic E-state index is 12.7. The molecule has 1 amide bonds. The van der Waals surface area contributed by atoms with E-state index in [0.29, 0.717) is 36.5 Å². The standard InChI is InChI=1S/C17H15N7O/c18-9-12-1-3-13(4-2-12)10-23-7-5-14(17(23)25)21-15-16-22-20-11-24(16)8-6-19-15/h1-4,6,8,11,14H,5,7,10H2,(H,19,21). The van der Waals surface area contributed by atoms with Crippen LogP contribution in [0.4, 0.5) is 5.82 Å². The van der Waals surface area contributed by atoms with Gasteiger partial charge in [0.1, 0.15) is 12.4 Å². The second-order valence-electron chi connectivity index (χ2n) is 5.89. The van der Waals surface area contributed by atoms with Crippen molar-refractivity contribution in [1.29, 1.82) is 5.26 Å². The molecule has 0 radical (unpaired) electrons. The second-order valence-corrected chi connectivity index (χ2v) is 5.89. The summed E-state index contributed by atoms with van der Waals surface area (Å²) >= 11 is 0. The molecule has 1 saturated heterocycles. The van der Waals surface area contributed by atoms with E-state index in [9.17, 15) is 4.79 Å². The van der Waals surface area contributed by atoms with Gasteiger partial charge in [0.25, 0.3) is 0 Å². The molecule has 1 aromatic carbocycles. The van der Waals surface area contributed by atoms with Crippen molar-refractivity contribution >= 4 is 17.4 Å². The van der Waals surface area contributed by atoms with Gasteiger partial charge in [-0.25, -0.2) is 4.98 Å². The Morgan fingerprint density at radius 1 is 1.32 bits per heavy atom. The number of carbonyl (C=O) groups is 1. The molecule has 0 spiro atoms. The van der Waals surface area contributed by atoms with Gasteiger partial charge in [-0.3, -0.25) is 9.20 Å². The third-order valence-corrected chi connectivity index (χ3v) is 4.28. The summed E-state index contributed by atoms with van der Waals surface area (Å²) in [7, 11) is 0. The Bertz CT molecular complexity index is 957. The van der Waals surface area contributed by atoms with Crippen LogP contribution in [-0.2, 0) is 11.3 Å². The van der Waals surface area contributed by atoms with E-state index < -0.39 is 0 Å². The zero-order valence-corrected chi connectivity index (χ0v) is 13.3. The Balaban J connectivity index is 1.46. The lowest BCUT2D eigenvalue weighted by atomic mass is 10.1. The summed E-state index contributed by atoms with van der Waals surface area (Å²) in [6.45, 7) is 1.21. The van der Waals surface area contributed by atoms with E-state index in [1.807, 2.05) is 17.0 Å². The lowest BCUT2D eigenvalue weighted by Gasteiger charge is -2.17. The monoisotopic (exact) mass is 333 g/mol. The topological polar surface area (TPSA) is 99.2 Å². The normalized spacial score (nSPS) is 17.0. The first-order valence-corrected chi connectivity index (χ1v) is 7.93. The number of amides is 1. The van der Waals surface area contributed by atoms with Crippen LogP contribution in [0.25, 0.3) is 5.65 Å². The van der Waals surface area contributed by atoms with Gasteiger partial charge in [-0.15, -0.1) is 10.2 Å². The summed E-state index contributed by atoms with van der Waals surface area (Å²) in [6.07, 6.45) is 5.70. The molecule has 1 atom stereocenters. The van der Waals surface area contributed by atoms with Gasteiger partial charge >= 0.3 is 0 Å². The number of anilines is 1. The maximum atomic E-state index is 12.7. The van der Waals surface area contributed by atoms with Crippen molar-refractivity contribution < 1.29 is 4.79 Å². The molecular formula is C17H15N7O. The molecule has 1 aliphatic heterocycles. The van der Waals surface area contributed by atoms with E-state index in [4.69, 9.17) is 5.26 Å². The van der Waals surface area contributed by atoms with Crippen LogP contribution in [0.1, 0.15) is 17.5 Å². The molecule has 0 aliphatic carbocycles. The van der Waals surface area contributed by atoms with Gasteiger partial charge in [-0.05, 0) is 24.1 Å². The van der Waals surface area contributed by atoms with Crippen molar-refractivity contribution in [3.63, 3.8) is 0 Å². The number of aromatic nitrogens is 4. The molecule has 3 aromatic rings. The third kappa shape index (κ3) is 2.87. The summed E-state index contributed by atoms with van der Waals surface area (Å²) < 4.78 is 1.75. The minimum Gasteiger partial charge on any atom is -0.355 e. The molecule has 0 bridgehead atoms. The van der Waals surface area contributed by atoms with Crippen LogP contribution < -0.4 is 5.32 Å². The van der Waals surface area contributed by atoms with Crippen LogP contribution in [0, 0.1) is 11.3 Å². The quantitative estimate of drug-likeness (QED) is 0.770. The van der Waals surface area contributed by atoms with Crippen molar-refractivity contribution in [2.45, 2.75) is 19.0 Å². The number of nitrogens with zero attached hydrogens (tertiary/aromatic N) is 6.